The number of fused-ring (bicyclic) bond motifs is 7. The molecular weight excluding hydrogens is 707 g/mol. The Morgan fingerprint density at radius 3 is 1.81 bits per heavy atom. The van der Waals surface area contributed by atoms with Gasteiger partial charge in [0.25, 0.3) is 0 Å². The van der Waals surface area contributed by atoms with Crippen molar-refractivity contribution in [2.45, 2.75) is 19.3 Å². The number of rotatable bonds is 6. The largest absolute Gasteiger partial charge is 0.310 e. The minimum absolute atomic E-state index is 0.0423. The molecule has 2 heteroatoms. The third-order valence-electron chi connectivity index (χ3n) is 12.1. The third kappa shape index (κ3) is 5.51. The Morgan fingerprint density at radius 1 is 0.386 bits per heavy atom. The fraction of sp³-hybridized carbons (Fsp3) is 0.0545. The molecule has 9 aromatic carbocycles. The van der Waals surface area contributed by atoms with Gasteiger partial charge in [0.05, 0.1) is 5.69 Å². The van der Waals surface area contributed by atoms with Crippen molar-refractivity contribution in [1.29, 1.82) is 0 Å². The van der Waals surface area contributed by atoms with Crippen LogP contribution >= 0.6 is 11.3 Å². The van der Waals surface area contributed by atoms with E-state index < -0.39 is 0 Å². The van der Waals surface area contributed by atoms with Crippen LogP contribution in [0.4, 0.5) is 17.1 Å². The van der Waals surface area contributed by atoms with Gasteiger partial charge in [-0.25, -0.2) is 0 Å². The molecule has 1 nitrogen and oxygen atoms in total. The molecule has 0 fully saturated rings. The van der Waals surface area contributed by atoms with Crippen LogP contribution in [0.25, 0.3) is 75.5 Å². The number of anilines is 3. The van der Waals surface area contributed by atoms with Crippen molar-refractivity contribution in [3.63, 3.8) is 0 Å². The summed E-state index contributed by atoms with van der Waals surface area (Å²) < 4.78 is 2.64. The first kappa shape index (κ1) is 33.6. The summed E-state index contributed by atoms with van der Waals surface area (Å²) in [4.78, 5) is 2.42. The van der Waals surface area contributed by atoms with E-state index in [1.165, 1.54) is 86.6 Å². The van der Waals surface area contributed by atoms with Crippen LogP contribution in [0.3, 0.4) is 0 Å². The molecule has 0 spiro atoms. The van der Waals surface area contributed by atoms with Crippen LogP contribution in [-0.2, 0) is 5.41 Å². The molecule has 1 aliphatic carbocycles. The van der Waals surface area contributed by atoms with Crippen LogP contribution in [0.15, 0.2) is 200 Å². The van der Waals surface area contributed by atoms with Crippen molar-refractivity contribution in [3.8, 4) is 44.5 Å². The summed E-state index contributed by atoms with van der Waals surface area (Å²) in [5.74, 6) is 0. The lowest BCUT2D eigenvalue weighted by atomic mass is 9.81. The molecule has 0 bridgehead atoms. The van der Waals surface area contributed by atoms with Gasteiger partial charge in [0.2, 0.25) is 0 Å². The summed E-state index contributed by atoms with van der Waals surface area (Å²) in [6, 6.07) is 73.9. The van der Waals surface area contributed by atoms with E-state index in [1.54, 1.807) is 0 Å². The first-order valence-corrected chi connectivity index (χ1v) is 20.6. The van der Waals surface area contributed by atoms with Gasteiger partial charge in [-0.3, -0.25) is 0 Å². The lowest BCUT2D eigenvalue weighted by Gasteiger charge is -2.28. The quantitative estimate of drug-likeness (QED) is 0.164. The second-order valence-electron chi connectivity index (χ2n) is 15.7. The molecule has 11 rings (SSSR count). The number of hydrogen-bond acceptors (Lipinski definition) is 2. The Bertz CT molecular complexity index is 3150. The molecule has 57 heavy (non-hydrogen) atoms. The van der Waals surface area contributed by atoms with Crippen molar-refractivity contribution in [2.24, 2.45) is 0 Å². The summed E-state index contributed by atoms with van der Waals surface area (Å²) in [7, 11) is 0. The number of benzene rings is 9. The molecule has 270 valence electrons. The topological polar surface area (TPSA) is 3.24 Å². The van der Waals surface area contributed by atoms with Crippen LogP contribution in [-0.4, -0.2) is 0 Å². The van der Waals surface area contributed by atoms with Crippen molar-refractivity contribution in [3.05, 3.63) is 211 Å². The smallest absolute Gasteiger partial charge is 0.0540 e. The van der Waals surface area contributed by atoms with Gasteiger partial charge in [0.1, 0.15) is 0 Å². The summed E-state index contributed by atoms with van der Waals surface area (Å²) in [5.41, 5.74) is 16.1. The normalized spacial score (nSPS) is 12.9. The number of nitrogens with zero attached hydrogens (tertiary/aromatic N) is 1. The number of hydrogen-bond donors (Lipinski definition) is 0. The van der Waals surface area contributed by atoms with Crippen molar-refractivity contribution >= 4 is 59.3 Å². The van der Waals surface area contributed by atoms with Gasteiger partial charge in [-0.2, -0.15) is 0 Å². The van der Waals surface area contributed by atoms with Gasteiger partial charge in [-0.15, -0.1) is 11.3 Å². The molecule has 0 saturated heterocycles. The zero-order chi connectivity index (χ0) is 38.1. The summed E-state index contributed by atoms with van der Waals surface area (Å²) in [6.45, 7) is 4.70. The molecule has 0 N–H and O–H groups in total. The lowest BCUT2D eigenvalue weighted by molar-refractivity contribution is 0.660. The molecule has 0 radical (unpaired) electrons. The van der Waals surface area contributed by atoms with E-state index in [1.807, 2.05) is 11.3 Å². The predicted octanol–water partition coefficient (Wildman–Crippen LogP) is 16.0. The Labute approximate surface area is 337 Å². The van der Waals surface area contributed by atoms with Gasteiger partial charge >= 0.3 is 0 Å². The highest BCUT2D eigenvalue weighted by molar-refractivity contribution is 7.25. The first-order chi connectivity index (χ1) is 28.0. The zero-order valence-electron chi connectivity index (χ0n) is 31.9. The maximum absolute atomic E-state index is 2.42. The van der Waals surface area contributed by atoms with Gasteiger partial charge in [-0.1, -0.05) is 159 Å². The van der Waals surface area contributed by atoms with E-state index in [-0.39, 0.29) is 5.41 Å². The molecule has 10 aromatic rings. The Hall–Kier alpha value is -6.74. The summed E-state index contributed by atoms with van der Waals surface area (Å²) >= 11 is 1.87. The van der Waals surface area contributed by atoms with Crippen molar-refractivity contribution < 1.29 is 0 Å². The van der Waals surface area contributed by atoms with Crippen LogP contribution in [0.2, 0.25) is 0 Å². The fourth-order valence-electron chi connectivity index (χ4n) is 9.19. The van der Waals surface area contributed by atoms with Gasteiger partial charge in [-0.05, 0) is 115 Å². The zero-order valence-corrected chi connectivity index (χ0v) is 32.7. The molecule has 0 atom stereocenters. The average Bonchev–Trinajstić information content (AvgIpc) is 3.76. The van der Waals surface area contributed by atoms with E-state index in [2.05, 4.69) is 219 Å². The standard InChI is InChI=1S/C55H39NS/c1-55(2)49-18-8-5-15-46(49)47-33-28-40(35-50(47)55)37-24-29-42(30-25-37)56(51-19-9-6-14-44(51)41-23-22-36-12-3-4-13-39(36)34-41)43-31-26-38(27-32-43)45-17-11-21-53-54(45)48-16-7-10-20-52(48)57-53/h3-35H,1-2H3. The van der Waals surface area contributed by atoms with Crippen LogP contribution in [0.5, 0.6) is 0 Å². The van der Waals surface area contributed by atoms with E-state index >= 15 is 0 Å². The second kappa shape index (κ2) is 13.2. The molecule has 1 heterocycles. The van der Waals surface area contributed by atoms with E-state index in [0.717, 1.165) is 17.1 Å². The van der Waals surface area contributed by atoms with Gasteiger partial charge in [0.15, 0.2) is 0 Å². The highest BCUT2D eigenvalue weighted by Crippen LogP contribution is 2.50. The summed E-state index contributed by atoms with van der Waals surface area (Å²) in [5, 5.41) is 5.13. The van der Waals surface area contributed by atoms with E-state index in [0.29, 0.717) is 0 Å². The lowest BCUT2D eigenvalue weighted by Crippen LogP contribution is -2.14. The Kier molecular flexibility index (Phi) is 7.77. The second-order valence-corrected chi connectivity index (χ2v) is 16.8. The van der Waals surface area contributed by atoms with Crippen molar-refractivity contribution in [1.82, 2.24) is 0 Å². The van der Waals surface area contributed by atoms with E-state index in [9.17, 15) is 0 Å². The molecular formula is C55H39NS. The third-order valence-corrected chi connectivity index (χ3v) is 13.2. The van der Waals surface area contributed by atoms with Gasteiger partial charge in [0, 0.05) is 42.5 Å². The maximum Gasteiger partial charge on any atom is 0.0540 e. The molecule has 0 unspecified atom stereocenters. The fourth-order valence-corrected chi connectivity index (χ4v) is 10.3. The monoisotopic (exact) mass is 745 g/mol. The number of para-hydroxylation sites is 1. The van der Waals surface area contributed by atoms with Crippen LogP contribution in [0.1, 0.15) is 25.0 Å². The van der Waals surface area contributed by atoms with Gasteiger partial charge < -0.3 is 4.90 Å². The molecule has 0 saturated carbocycles. The molecule has 0 aliphatic heterocycles. The highest BCUT2D eigenvalue weighted by Gasteiger charge is 2.35. The minimum Gasteiger partial charge on any atom is -0.310 e. The average molecular weight is 746 g/mol. The van der Waals surface area contributed by atoms with E-state index in [4.69, 9.17) is 0 Å². The van der Waals surface area contributed by atoms with Crippen LogP contribution < -0.4 is 4.90 Å². The minimum atomic E-state index is -0.0423. The van der Waals surface area contributed by atoms with Crippen molar-refractivity contribution in [2.75, 3.05) is 4.90 Å². The van der Waals surface area contributed by atoms with Crippen LogP contribution in [0, 0.1) is 0 Å². The number of thiophene rings is 1. The maximum atomic E-state index is 2.42. The SMILES string of the molecule is CC1(C)c2ccccc2-c2ccc(-c3ccc(N(c4ccc(-c5cccc6sc7ccccc7c56)cc4)c4ccccc4-c4ccc5ccccc5c4)cc3)cc21. The molecule has 1 aromatic heterocycles. The highest BCUT2D eigenvalue weighted by atomic mass is 32.1. The Morgan fingerprint density at radius 2 is 0.982 bits per heavy atom. The first-order valence-electron chi connectivity index (χ1n) is 19.8. The Balaban J connectivity index is 1.03. The molecule has 0 amide bonds. The molecule has 1 aliphatic rings. The summed E-state index contributed by atoms with van der Waals surface area (Å²) in [6.07, 6.45) is 0. The predicted molar refractivity (Wildman–Crippen MR) is 245 cm³/mol.